The number of hydrogen-bond acceptors (Lipinski definition) is 2. The number of aromatic nitrogens is 1. The molecule has 16 heavy (non-hydrogen) atoms. The topological polar surface area (TPSA) is 24.9 Å². The summed E-state index contributed by atoms with van der Waals surface area (Å²) in [6.45, 7) is 6.12. The van der Waals surface area contributed by atoms with Crippen molar-refractivity contribution >= 4 is 21.7 Å². The summed E-state index contributed by atoms with van der Waals surface area (Å²) in [5.74, 6) is 0.903. The first kappa shape index (κ1) is 13.4. The minimum atomic E-state index is -2.49. The van der Waals surface area contributed by atoms with Gasteiger partial charge in [0.1, 0.15) is 5.82 Å². The molecule has 0 unspecified atom stereocenters. The smallest absolute Gasteiger partial charge is 0.265 e. The van der Waals surface area contributed by atoms with Crippen molar-refractivity contribution in [1.29, 1.82) is 0 Å². The third-order valence-corrected chi connectivity index (χ3v) is 3.16. The highest BCUT2D eigenvalue weighted by atomic mass is 79.9. The summed E-state index contributed by atoms with van der Waals surface area (Å²) in [6, 6.07) is 1.58. The molecule has 5 heteroatoms. The number of anilines is 1. The van der Waals surface area contributed by atoms with Gasteiger partial charge in [-0.3, -0.25) is 0 Å². The maximum absolute atomic E-state index is 12.6. The van der Waals surface area contributed by atoms with E-state index in [-0.39, 0.29) is 11.6 Å². The molecule has 0 aromatic carbocycles. The van der Waals surface area contributed by atoms with Gasteiger partial charge in [0.25, 0.3) is 6.43 Å². The van der Waals surface area contributed by atoms with Crippen LogP contribution in [0.2, 0.25) is 0 Å². The van der Waals surface area contributed by atoms with Crippen LogP contribution in [0.4, 0.5) is 14.6 Å². The van der Waals surface area contributed by atoms with Crippen LogP contribution in [0, 0.1) is 5.92 Å². The Kier molecular flexibility index (Phi) is 4.65. The molecular formula is C11H15BrF2N2. The van der Waals surface area contributed by atoms with E-state index < -0.39 is 6.43 Å². The molecule has 2 nitrogen and oxygen atoms in total. The van der Waals surface area contributed by atoms with E-state index in [1.165, 1.54) is 12.3 Å². The van der Waals surface area contributed by atoms with Crippen molar-refractivity contribution in [1.82, 2.24) is 4.98 Å². The lowest BCUT2D eigenvalue weighted by atomic mass is 10.1. The first-order valence-electron chi connectivity index (χ1n) is 5.12. The highest BCUT2D eigenvalue weighted by Crippen LogP contribution is 2.28. The maximum atomic E-state index is 12.6. The van der Waals surface area contributed by atoms with Crippen molar-refractivity contribution in [2.24, 2.45) is 5.92 Å². The highest BCUT2D eigenvalue weighted by Gasteiger charge is 2.14. The van der Waals surface area contributed by atoms with E-state index in [9.17, 15) is 8.78 Å². The van der Waals surface area contributed by atoms with E-state index in [1.54, 1.807) is 0 Å². The Morgan fingerprint density at radius 3 is 2.44 bits per heavy atom. The molecule has 1 aromatic rings. The quantitative estimate of drug-likeness (QED) is 0.898. The monoisotopic (exact) mass is 292 g/mol. The number of nitrogens with zero attached hydrogens (tertiary/aromatic N) is 1. The highest BCUT2D eigenvalue weighted by molar-refractivity contribution is 9.10. The molecule has 0 bridgehead atoms. The van der Waals surface area contributed by atoms with Crippen LogP contribution in [-0.4, -0.2) is 11.0 Å². The Labute approximate surface area is 103 Å². The molecule has 0 aliphatic carbocycles. The second-order valence-corrected chi connectivity index (χ2v) is 4.92. The van der Waals surface area contributed by atoms with Gasteiger partial charge in [-0.25, -0.2) is 13.8 Å². The molecule has 0 spiro atoms. The molecule has 1 rings (SSSR count). The van der Waals surface area contributed by atoms with Crippen molar-refractivity contribution < 1.29 is 8.78 Å². The molecule has 0 saturated heterocycles. The molecule has 0 aliphatic heterocycles. The molecule has 1 atom stereocenters. The average Bonchev–Trinajstić information content (AvgIpc) is 2.20. The van der Waals surface area contributed by atoms with Crippen LogP contribution in [0.3, 0.4) is 0 Å². The fourth-order valence-corrected chi connectivity index (χ4v) is 1.49. The first-order chi connectivity index (χ1) is 7.41. The molecule has 1 heterocycles. The zero-order valence-electron chi connectivity index (χ0n) is 9.47. The summed E-state index contributed by atoms with van der Waals surface area (Å²) in [4.78, 5) is 4.05. The largest absolute Gasteiger partial charge is 0.367 e. The summed E-state index contributed by atoms with van der Waals surface area (Å²) in [7, 11) is 0. The van der Waals surface area contributed by atoms with Gasteiger partial charge in [-0.1, -0.05) is 13.8 Å². The van der Waals surface area contributed by atoms with Gasteiger partial charge in [-0.05, 0) is 34.8 Å². The molecule has 0 amide bonds. The minimum Gasteiger partial charge on any atom is -0.367 e. The van der Waals surface area contributed by atoms with Crippen molar-refractivity contribution in [3.8, 4) is 0 Å². The van der Waals surface area contributed by atoms with Crippen LogP contribution in [0.5, 0.6) is 0 Å². The number of alkyl halides is 2. The second-order valence-electron chi connectivity index (χ2n) is 4.07. The van der Waals surface area contributed by atoms with E-state index in [4.69, 9.17) is 0 Å². The Morgan fingerprint density at radius 2 is 1.94 bits per heavy atom. The minimum absolute atomic E-state index is 0.0338. The van der Waals surface area contributed by atoms with Gasteiger partial charge in [0, 0.05) is 22.3 Å². The normalized spacial score (nSPS) is 13.2. The van der Waals surface area contributed by atoms with Gasteiger partial charge in [-0.15, -0.1) is 0 Å². The number of pyridine rings is 1. The molecule has 1 N–H and O–H groups in total. The van der Waals surface area contributed by atoms with Gasteiger partial charge in [0.05, 0.1) is 0 Å². The number of nitrogens with one attached hydrogen (secondary N) is 1. The zero-order valence-corrected chi connectivity index (χ0v) is 11.1. The van der Waals surface area contributed by atoms with Crippen molar-refractivity contribution in [3.05, 3.63) is 22.3 Å². The summed E-state index contributed by atoms with van der Waals surface area (Å²) >= 11 is 3.06. The Bertz CT molecular complexity index is 356. The number of halogens is 3. The van der Waals surface area contributed by atoms with E-state index in [1.807, 2.05) is 6.92 Å². The number of rotatable bonds is 4. The van der Waals surface area contributed by atoms with E-state index in [0.717, 1.165) is 0 Å². The Balaban J connectivity index is 2.87. The predicted octanol–water partition coefficient (Wildman–Crippen LogP) is 4.24. The third kappa shape index (κ3) is 3.40. The summed E-state index contributed by atoms with van der Waals surface area (Å²) in [5.41, 5.74) is -0.0338. The molecule has 90 valence electrons. The summed E-state index contributed by atoms with van der Waals surface area (Å²) < 4.78 is 25.6. The van der Waals surface area contributed by atoms with Gasteiger partial charge in [-0.2, -0.15) is 0 Å². The van der Waals surface area contributed by atoms with Crippen LogP contribution in [0.25, 0.3) is 0 Å². The zero-order chi connectivity index (χ0) is 12.3. The van der Waals surface area contributed by atoms with E-state index in [2.05, 4.69) is 40.1 Å². The lowest BCUT2D eigenvalue weighted by Gasteiger charge is -2.18. The van der Waals surface area contributed by atoms with Crippen LogP contribution in [0.15, 0.2) is 16.7 Å². The SMILES string of the molecule is CC(C)[C@@H](C)Nc1cc(C(F)F)c(Br)cn1. The average molecular weight is 293 g/mol. The molecule has 1 aromatic heterocycles. The molecule has 0 saturated carbocycles. The summed E-state index contributed by atoms with van der Waals surface area (Å²) in [6.07, 6.45) is -1.09. The molecule has 0 radical (unpaired) electrons. The fraction of sp³-hybridized carbons (Fsp3) is 0.545. The molecule has 0 aliphatic rings. The van der Waals surface area contributed by atoms with Crippen LogP contribution < -0.4 is 5.32 Å². The van der Waals surface area contributed by atoms with Crippen LogP contribution in [-0.2, 0) is 0 Å². The van der Waals surface area contributed by atoms with Gasteiger partial charge >= 0.3 is 0 Å². The second kappa shape index (κ2) is 5.57. The van der Waals surface area contributed by atoms with Crippen LogP contribution in [0.1, 0.15) is 32.8 Å². The fourth-order valence-electron chi connectivity index (χ4n) is 1.10. The van der Waals surface area contributed by atoms with Crippen molar-refractivity contribution in [2.75, 3.05) is 5.32 Å². The first-order valence-corrected chi connectivity index (χ1v) is 5.91. The maximum Gasteiger partial charge on any atom is 0.265 e. The predicted molar refractivity (Wildman–Crippen MR) is 64.8 cm³/mol. The van der Waals surface area contributed by atoms with Gasteiger partial charge < -0.3 is 5.32 Å². The molecule has 0 fully saturated rings. The Morgan fingerprint density at radius 1 is 1.31 bits per heavy atom. The van der Waals surface area contributed by atoms with E-state index in [0.29, 0.717) is 16.2 Å². The molecular weight excluding hydrogens is 278 g/mol. The van der Waals surface area contributed by atoms with Crippen molar-refractivity contribution in [3.63, 3.8) is 0 Å². The van der Waals surface area contributed by atoms with Gasteiger partial charge in [0.2, 0.25) is 0 Å². The standard InChI is InChI=1S/C11H15BrF2N2/c1-6(2)7(3)16-10-4-8(11(13)14)9(12)5-15-10/h4-7,11H,1-3H3,(H,15,16)/t7-/m1/s1. The third-order valence-electron chi connectivity index (χ3n) is 2.50. The summed E-state index contributed by atoms with van der Waals surface area (Å²) in [5, 5.41) is 3.10. The van der Waals surface area contributed by atoms with Gasteiger partial charge in [0.15, 0.2) is 0 Å². The van der Waals surface area contributed by atoms with E-state index >= 15 is 0 Å². The van der Waals surface area contributed by atoms with Crippen molar-refractivity contribution in [2.45, 2.75) is 33.2 Å². The van der Waals surface area contributed by atoms with Crippen LogP contribution >= 0.6 is 15.9 Å². The number of hydrogen-bond donors (Lipinski definition) is 1. The Hall–Kier alpha value is -0.710. The lowest BCUT2D eigenvalue weighted by Crippen LogP contribution is -2.22. The lowest BCUT2D eigenvalue weighted by molar-refractivity contribution is 0.150.